The number of aliphatic carboxylic acids is 1. The Morgan fingerprint density at radius 2 is 2.27 bits per heavy atom. The van der Waals surface area contributed by atoms with Crippen molar-refractivity contribution in [3.8, 4) is 5.75 Å². The van der Waals surface area contributed by atoms with Gasteiger partial charge in [0.05, 0.1) is 18.1 Å². The quantitative estimate of drug-likeness (QED) is 0.862. The van der Waals surface area contributed by atoms with Gasteiger partial charge in [-0.25, -0.2) is 0 Å². The van der Waals surface area contributed by atoms with Crippen LogP contribution in [0.2, 0.25) is 5.02 Å². The molecule has 0 aliphatic heterocycles. The van der Waals surface area contributed by atoms with Crippen LogP contribution >= 0.6 is 11.6 Å². The SMILES string of the molecule is CCC(C(=O)O)c1ccc(Cl)c(OC)c1. The van der Waals surface area contributed by atoms with Gasteiger partial charge in [0.1, 0.15) is 5.75 Å². The molecule has 0 aliphatic carbocycles. The zero-order chi connectivity index (χ0) is 11.4. The molecule has 0 saturated heterocycles. The van der Waals surface area contributed by atoms with Crippen molar-refractivity contribution < 1.29 is 14.6 Å². The molecule has 0 spiro atoms. The third-order valence-electron chi connectivity index (χ3n) is 2.28. The second kappa shape index (κ2) is 5.03. The number of carboxylic acid groups (broad SMARTS) is 1. The first-order valence-corrected chi connectivity index (χ1v) is 5.04. The lowest BCUT2D eigenvalue weighted by Crippen LogP contribution is -2.10. The maximum absolute atomic E-state index is 10.9. The van der Waals surface area contributed by atoms with E-state index in [1.165, 1.54) is 7.11 Å². The number of ether oxygens (including phenoxy) is 1. The Balaban J connectivity index is 3.09. The second-order valence-electron chi connectivity index (χ2n) is 3.19. The van der Waals surface area contributed by atoms with Crippen LogP contribution in [0.3, 0.4) is 0 Å². The summed E-state index contributed by atoms with van der Waals surface area (Å²) in [4.78, 5) is 10.9. The summed E-state index contributed by atoms with van der Waals surface area (Å²) in [5.74, 6) is -0.827. The average molecular weight is 229 g/mol. The van der Waals surface area contributed by atoms with Crippen LogP contribution in [-0.4, -0.2) is 18.2 Å². The summed E-state index contributed by atoms with van der Waals surface area (Å²) in [6, 6.07) is 5.04. The van der Waals surface area contributed by atoms with Crippen molar-refractivity contribution in [1.82, 2.24) is 0 Å². The fraction of sp³-hybridized carbons (Fsp3) is 0.364. The minimum Gasteiger partial charge on any atom is -0.495 e. The molecule has 0 saturated carbocycles. The van der Waals surface area contributed by atoms with Crippen molar-refractivity contribution in [3.63, 3.8) is 0 Å². The number of carbonyl (C=O) groups is 1. The molecule has 4 heteroatoms. The molecule has 1 aromatic rings. The van der Waals surface area contributed by atoms with Gasteiger partial charge in [-0.15, -0.1) is 0 Å². The third-order valence-corrected chi connectivity index (χ3v) is 2.60. The lowest BCUT2D eigenvalue weighted by atomic mass is 9.96. The third kappa shape index (κ3) is 2.63. The monoisotopic (exact) mass is 228 g/mol. The van der Waals surface area contributed by atoms with Gasteiger partial charge in [0.2, 0.25) is 0 Å². The summed E-state index contributed by atoms with van der Waals surface area (Å²) in [5.41, 5.74) is 0.714. The summed E-state index contributed by atoms with van der Waals surface area (Å²) in [7, 11) is 1.51. The Kier molecular flexibility index (Phi) is 3.97. The molecule has 0 radical (unpaired) electrons. The van der Waals surface area contributed by atoms with Gasteiger partial charge in [-0.2, -0.15) is 0 Å². The first-order valence-electron chi connectivity index (χ1n) is 4.66. The molecule has 0 bridgehead atoms. The second-order valence-corrected chi connectivity index (χ2v) is 3.60. The molecule has 0 heterocycles. The highest BCUT2D eigenvalue weighted by Gasteiger charge is 2.18. The van der Waals surface area contributed by atoms with E-state index in [1.54, 1.807) is 18.2 Å². The fourth-order valence-electron chi connectivity index (χ4n) is 1.45. The zero-order valence-corrected chi connectivity index (χ0v) is 9.41. The smallest absolute Gasteiger partial charge is 0.310 e. The lowest BCUT2D eigenvalue weighted by molar-refractivity contribution is -0.138. The molecule has 0 fully saturated rings. The molecule has 1 atom stereocenters. The zero-order valence-electron chi connectivity index (χ0n) is 8.66. The average Bonchev–Trinajstić information content (AvgIpc) is 2.21. The first kappa shape index (κ1) is 11.9. The number of hydrogen-bond donors (Lipinski definition) is 1. The number of rotatable bonds is 4. The maximum Gasteiger partial charge on any atom is 0.310 e. The van der Waals surface area contributed by atoms with E-state index in [9.17, 15) is 4.79 Å². The van der Waals surface area contributed by atoms with Gasteiger partial charge in [0.15, 0.2) is 0 Å². The molecule has 0 aromatic heterocycles. The van der Waals surface area contributed by atoms with E-state index in [-0.39, 0.29) is 0 Å². The van der Waals surface area contributed by atoms with Crippen molar-refractivity contribution in [1.29, 1.82) is 0 Å². The topological polar surface area (TPSA) is 46.5 Å². The van der Waals surface area contributed by atoms with E-state index < -0.39 is 11.9 Å². The summed E-state index contributed by atoms with van der Waals surface area (Å²) >= 11 is 5.85. The highest BCUT2D eigenvalue weighted by molar-refractivity contribution is 6.32. The van der Waals surface area contributed by atoms with E-state index in [2.05, 4.69) is 0 Å². The van der Waals surface area contributed by atoms with E-state index in [1.807, 2.05) is 6.92 Å². The number of benzene rings is 1. The Morgan fingerprint density at radius 1 is 1.60 bits per heavy atom. The van der Waals surface area contributed by atoms with Crippen LogP contribution in [0.15, 0.2) is 18.2 Å². The molecule has 0 aliphatic rings. The van der Waals surface area contributed by atoms with Crippen LogP contribution in [0, 0.1) is 0 Å². The van der Waals surface area contributed by atoms with Crippen LogP contribution in [-0.2, 0) is 4.79 Å². The number of carboxylic acids is 1. The summed E-state index contributed by atoms with van der Waals surface area (Å²) in [6.45, 7) is 1.83. The van der Waals surface area contributed by atoms with E-state index in [0.717, 1.165) is 0 Å². The van der Waals surface area contributed by atoms with Crippen LogP contribution < -0.4 is 4.74 Å². The predicted molar refractivity (Wildman–Crippen MR) is 58.7 cm³/mol. The molecular formula is C11H13ClO3. The number of halogens is 1. The summed E-state index contributed by atoms with van der Waals surface area (Å²) in [5, 5.41) is 9.47. The van der Waals surface area contributed by atoms with E-state index >= 15 is 0 Å². The van der Waals surface area contributed by atoms with Crippen molar-refractivity contribution in [2.75, 3.05) is 7.11 Å². The highest BCUT2D eigenvalue weighted by Crippen LogP contribution is 2.29. The van der Waals surface area contributed by atoms with Gasteiger partial charge in [-0.05, 0) is 24.1 Å². The van der Waals surface area contributed by atoms with E-state index in [0.29, 0.717) is 22.8 Å². The van der Waals surface area contributed by atoms with E-state index in [4.69, 9.17) is 21.4 Å². The Bertz CT molecular complexity index is 363. The van der Waals surface area contributed by atoms with Gasteiger partial charge in [0.25, 0.3) is 0 Å². The van der Waals surface area contributed by atoms with Gasteiger partial charge < -0.3 is 9.84 Å². The molecule has 82 valence electrons. The van der Waals surface area contributed by atoms with Crippen molar-refractivity contribution in [2.45, 2.75) is 19.3 Å². The Hall–Kier alpha value is -1.22. The summed E-state index contributed by atoms with van der Waals surface area (Å²) < 4.78 is 5.04. The fourth-order valence-corrected chi connectivity index (χ4v) is 1.64. The number of hydrogen-bond acceptors (Lipinski definition) is 2. The van der Waals surface area contributed by atoms with Crippen molar-refractivity contribution in [2.24, 2.45) is 0 Å². The van der Waals surface area contributed by atoms with Crippen LogP contribution in [0.25, 0.3) is 0 Å². The lowest BCUT2D eigenvalue weighted by Gasteiger charge is -2.12. The molecule has 1 N–H and O–H groups in total. The normalized spacial score (nSPS) is 12.2. The number of methoxy groups -OCH3 is 1. The Labute approximate surface area is 93.6 Å². The van der Waals surface area contributed by atoms with Gasteiger partial charge >= 0.3 is 5.97 Å². The van der Waals surface area contributed by atoms with Crippen LogP contribution in [0.4, 0.5) is 0 Å². The first-order chi connectivity index (χ1) is 7.10. The molecule has 15 heavy (non-hydrogen) atoms. The molecule has 3 nitrogen and oxygen atoms in total. The minimum absolute atomic E-state index is 0.487. The Morgan fingerprint density at radius 3 is 2.73 bits per heavy atom. The minimum atomic E-state index is -0.832. The molecular weight excluding hydrogens is 216 g/mol. The summed E-state index contributed by atoms with van der Waals surface area (Å²) in [6.07, 6.45) is 0.542. The largest absolute Gasteiger partial charge is 0.495 e. The molecule has 1 rings (SSSR count). The van der Waals surface area contributed by atoms with Crippen molar-refractivity contribution >= 4 is 17.6 Å². The van der Waals surface area contributed by atoms with Crippen molar-refractivity contribution in [3.05, 3.63) is 28.8 Å². The predicted octanol–water partition coefficient (Wildman–Crippen LogP) is 2.93. The van der Waals surface area contributed by atoms with Gasteiger partial charge in [-0.3, -0.25) is 4.79 Å². The maximum atomic E-state index is 10.9. The van der Waals surface area contributed by atoms with Gasteiger partial charge in [-0.1, -0.05) is 24.6 Å². The molecule has 0 amide bonds. The standard InChI is InChI=1S/C11H13ClO3/c1-3-8(11(13)14)7-4-5-9(12)10(6-7)15-2/h4-6,8H,3H2,1-2H3,(H,13,14). The van der Waals surface area contributed by atoms with Gasteiger partial charge in [0, 0.05) is 0 Å². The van der Waals surface area contributed by atoms with Crippen LogP contribution in [0.5, 0.6) is 5.75 Å². The van der Waals surface area contributed by atoms with Crippen LogP contribution in [0.1, 0.15) is 24.8 Å². The highest BCUT2D eigenvalue weighted by atomic mass is 35.5. The molecule has 1 unspecified atom stereocenters. The molecule has 1 aromatic carbocycles.